The van der Waals surface area contributed by atoms with Gasteiger partial charge in [0.2, 0.25) is 0 Å². The van der Waals surface area contributed by atoms with E-state index in [4.69, 9.17) is 4.74 Å². The van der Waals surface area contributed by atoms with Crippen LogP contribution in [0.2, 0.25) is 0 Å². The van der Waals surface area contributed by atoms with E-state index in [9.17, 15) is 0 Å². The molecule has 19 heavy (non-hydrogen) atoms. The number of hydrogen-bond acceptors (Lipinski definition) is 2. The lowest BCUT2D eigenvalue weighted by Crippen LogP contribution is -2.11. The monoisotopic (exact) mass is 253 g/mol. The van der Waals surface area contributed by atoms with Crippen LogP contribution >= 0.6 is 0 Å². The lowest BCUT2D eigenvalue weighted by Gasteiger charge is -2.06. The highest BCUT2D eigenvalue weighted by molar-refractivity contribution is 5.65. The van der Waals surface area contributed by atoms with Gasteiger partial charge in [-0.15, -0.1) is 0 Å². The van der Waals surface area contributed by atoms with Crippen LogP contribution in [-0.2, 0) is 24.5 Å². The van der Waals surface area contributed by atoms with Crippen molar-refractivity contribution in [1.29, 1.82) is 0 Å². The Hall–Kier alpha value is -1.64. The van der Waals surface area contributed by atoms with Gasteiger partial charge < -0.3 is 10.1 Å². The summed E-state index contributed by atoms with van der Waals surface area (Å²) >= 11 is 0. The Morgan fingerprint density at radius 1 is 0.947 bits per heavy atom. The summed E-state index contributed by atoms with van der Waals surface area (Å²) in [4.78, 5) is 0. The van der Waals surface area contributed by atoms with Crippen LogP contribution in [0.3, 0.4) is 0 Å². The summed E-state index contributed by atoms with van der Waals surface area (Å²) in [6.07, 6.45) is 0. The molecular weight excluding hydrogens is 234 g/mol. The third kappa shape index (κ3) is 2.70. The zero-order valence-electron chi connectivity index (χ0n) is 11.3. The minimum Gasteiger partial charge on any atom is -0.372 e. The highest BCUT2D eigenvalue weighted by atomic mass is 16.5. The summed E-state index contributed by atoms with van der Waals surface area (Å²) in [5.74, 6) is 0. The summed E-state index contributed by atoms with van der Waals surface area (Å²) in [6, 6.07) is 15.4. The van der Waals surface area contributed by atoms with Crippen molar-refractivity contribution in [3.63, 3.8) is 0 Å². The Kier molecular flexibility index (Phi) is 3.62. The van der Waals surface area contributed by atoms with Gasteiger partial charge in [-0.05, 0) is 40.4 Å². The molecule has 1 aliphatic rings. The molecule has 0 atom stereocenters. The number of benzene rings is 2. The number of fused-ring (bicyclic) bond motifs is 1. The Labute approximate surface area is 114 Å². The molecule has 0 aliphatic carbocycles. The third-order valence-corrected chi connectivity index (χ3v) is 3.59. The molecule has 2 heteroatoms. The summed E-state index contributed by atoms with van der Waals surface area (Å²) in [5.41, 5.74) is 6.53. The fourth-order valence-electron chi connectivity index (χ4n) is 2.44. The first-order valence-corrected chi connectivity index (χ1v) is 6.86. The van der Waals surface area contributed by atoms with Crippen LogP contribution < -0.4 is 5.32 Å². The second kappa shape index (κ2) is 5.55. The fraction of sp³-hybridized carbons (Fsp3) is 0.294. The minimum atomic E-state index is 0.752. The molecule has 2 aromatic carbocycles. The number of rotatable bonds is 4. The first-order valence-electron chi connectivity index (χ1n) is 6.86. The zero-order chi connectivity index (χ0) is 13.1. The lowest BCUT2D eigenvalue weighted by atomic mass is 10.00. The molecule has 2 nitrogen and oxygen atoms in total. The molecule has 0 fully saturated rings. The Bertz CT molecular complexity index is 560. The van der Waals surface area contributed by atoms with Gasteiger partial charge in [-0.1, -0.05) is 43.3 Å². The van der Waals surface area contributed by atoms with Crippen molar-refractivity contribution in [2.24, 2.45) is 0 Å². The third-order valence-electron chi connectivity index (χ3n) is 3.59. The summed E-state index contributed by atoms with van der Waals surface area (Å²) in [6.45, 7) is 5.58. The first-order chi connectivity index (χ1) is 9.36. The molecule has 98 valence electrons. The van der Waals surface area contributed by atoms with Gasteiger partial charge in [0.15, 0.2) is 0 Å². The van der Waals surface area contributed by atoms with E-state index in [1.807, 2.05) is 0 Å². The van der Waals surface area contributed by atoms with Gasteiger partial charge in [0.1, 0.15) is 0 Å². The molecule has 1 N–H and O–H groups in total. The summed E-state index contributed by atoms with van der Waals surface area (Å²) in [7, 11) is 0. The van der Waals surface area contributed by atoms with Crippen molar-refractivity contribution < 1.29 is 4.74 Å². The molecule has 1 heterocycles. The predicted octanol–water partition coefficient (Wildman–Crippen LogP) is 3.49. The minimum absolute atomic E-state index is 0.752. The van der Waals surface area contributed by atoms with E-state index in [0.717, 1.165) is 26.3 Å². The molecule has 1 aliphatic heterocycles. The maximum absolute atomic E-state index is 5.46. The van der Waals surface area contributed by atoms with Crippen molar-refractivity contribution in [3.8, 4) is 11.1 Å². The van der Waals surface area contributed by atoms with Crippen LogP contribution in [0.4, 0.5) is 0 Å². The molecule has 0 aromatic heterocycles. The van der Waals surface area contributed by atoms with E-state index < -0.39 is 0 Å². The van der Waals surface area contributed by atoms with E-state index in [0.29, 0.717) is 0 Å². The Morgan fingerprint density at radius 2 is 1.68 bits per heavy atom. The second-order valence-electron chi connectivity index (χ2n) is 4.95. The van der Waals surface area contributed by atoms with Crippen LogP contribution in [0.5, 0.6) is 0 Å². The van der Waals surface area contributed by atoms with Gasteiger partial charge in [0.05, 0.1) is 13.2 Å². The molecule has 0 spiro atoms. The van der Waals surface area contributed by atoms with Crippen molar-refractivity contribution in [2.75, 3.05) is 6.54 Å². The molecule has 0 saturated heterocycles. The highest BCUT2D eigenvalue weighted by Gasteiger charge is 2.11. The second-order valence-corrected chi connectivity index (χ2v) is 4.95. The average molecular weight is 253 g/mol. The maximum atomic E-state index is 5.46. The van der Waals surface area contributed by atoms with Crippen LogP contribution in [0, 0.1) is 0 Å². The Balaban J connectivity index is 1.82. The number of nitrogens with one attached hydrogen (secondary N) is 1. The molecule has 0 saturated carbocycles. The van der Waals surface area contributed by atoms with Crippen LogP contribution in [0.1, 0.15) is 23.6 Å². The van der Waals surface area contributed by atoms with Crippen molar-refractivity contribution in [3.05, 3.63) is 59.2 Å². The van der Waals surface area contributed by atoms with Gasteiger partial charge in [-0.2, -0.15) is 0 Å². The Morgan fingerprint density at radius 3 is 2.47 bits per heavy atom. The van der Waals surface area contributed by atoms with Gasteiger partial charge in [-0.25, -0.2) is 0 Å². The topological polar surface area (TPSA) is 21.3 Å². The van der Waals surface area contributed by atoms with Crippen LogP contribution in [-0.4, -0.2) is 6.54 Å². The fourth-order valence-corrected chi connectivity index (χ4v) is 2.44. The normalized spacial score (nSPS) is 13.5. The van der Waals surface area contributed by atoms with Crippen molar-refractivity contribution >= 4 is 0 Å². The van der Waals surface area contributed by atoms with Crippen molar-refractivity contribution in [2.45, 2.75) is 26.7 Å². The largest absolute Gasteiger partial charge is 0.372 e. The lowest BCUT2D eigenvalue weighted by molar-refractivity contribution is 0.134. The van der Waals surface area contributed by atoms with Gasteiger partial charge >= 0.3 is 0 Å². The van der Waals surface area contributed by atoms with Gasteiger partial charge in [-0.3, -0.25) is 0 Å². The molecular formula is C17H19NO. The number of hydrogen-bond donors (Lipinski definition) is 1. The van der Waals surface area contributed by atoms with Gasteiger partial charge in [0.25, 0.3) is 0 Å². The zero-order valence-corrected chi connectivity index (χ0v) is 11.3. The average Bonchev–Trinajstić information content (AvgIpc) is 2.93. The molecule has 0 radical (unpaired) electrons. The van der Waals surface area contributed by atoms with E-state index in [-0.39, 0.29) is 0 Å². The van der Waals surface area contributed by atoms with E-state index >= 15 is 0 Å². The highest BCUT2D eigenvalue weighted by Crippen LogP contribution is 2.27. The molecule has 0 amide bonds. The molecule has 2 aromatic rings. The summed E-state index contributed by atoms with van der Waals surface area (Å²) in [5, 5.41) is 3.34. The van der Waals surface area contributed by atoms with E-state index in [2.05, 4.69) is 54.7 Å². The van der Waals surface area contributed by atoms with Crippen LogP contribution in [0.25, 0.3) is 11.1 Å². The number of ether oxygens (including phenoxy) is 1. The smallest absolute Gasteiger partial charge is 0.0725 e. The van der Waals surface area contributed by atoms with E-state index in [1.54, 1.807) is 0 Å². The van der Waals surface area contributed by atoms with Gasteiger partial charge in [0, 0.05) is 6.54 Å². The predicted molar refractivity (Wildman–Crippen MR) is 77.8 cm³/mol. The standard InChI is InChI=1S/C17H19NO/c1-2-18-10-13-3-5-14(6-4-13)15-7-8-16-11-19-12-17(16)9-15/h3-9,18H,2,10-12H2,1H3. The van der Waals surface area contributed by atoms with Crippen LogP contribution in [0.15, 0.2) is 42.5 Å². The maximum Gasteiger partial charge on any atom is 0.0725 e. The van der Waals surface area contributed by atoms with Crippen molar-refractivity contribution in [1.82, 2.24) is 5.32 Å². The first kappa shape index (κ1) is 12.4. The molecule has 0 bridgehead atoms. The SMILES string of the molecule is CCNCc1ccc(-c2ccc3c(c2)COC3)cc1. The van der Waals surface area contributed by atoms with E-state index in [1.165, 1.54) is 27.8 Å². The quantitative estimate of drug-likeness (QED) is 0.900. The molecule has 0 unspecified atom stereocenters. The summed E-state index contributed by atoms with van der Waals surface area (Å²) < 4.78 is 5.46. The molecule has 3 rings (SSSR count).